The number of nitrogens with one attached hydrogen (secondary N) is 1. The molecule has 1 N–H and O–H groups in total. The average Bonchev–Trinajstić information content (AvgIpc) is 2.80. The zero-order valence-corrected chi connectivity index (χ0v) is 13.0. The molecule has 0 aliphatic heterocycles. The van der Waals surface area contributed by atoms with Gasteiger partial charge in [-0.3, -0.25) is 4.68 Å². The number of halogens is 1. The molecule has 2 rings (SSSR count). The normalized spacial score (nSPS) is 16.1. The number of aromatic nitrogens is 2. The van der Waals surface area contributed by atoms with E-state index in [1.54, 1.807) is 22.8 Å². The highest BCUT2D eigenvalue weighted by Gasteiger charge is 2.19. The van der Waals surface area contributed by atoms with Crippen molar-refractivity contribution < 1.29 is 4.79 Å². The molecule has 0 spiro atoms. The van der Waals surface area contributed by atoms with E-state index in [1.165, 1.54) is 19.3 Å². The highest BCUT2D eigenvalue weighted by Crippen LogP contribution is 2.18. The predicted octanol–water partition coefficient (Wildman–Crippen LogP) is 3.03. The number of hydrogen-bond acceptors (Lipinski definition) is 2. The quantitative estimate of drug-likeness (QED) is 0.929. The Kier molecular flexibility index (Phi) is 5.29. The van der Waals surface area contributed by atoms with Gasteiger partial charge in [-0.05, 0) is 19.8 Å². The van der Waals surface area contributed by atoms with Crippen LogP contribution in [0.4, 0.5) is 4.79 Å². The molecule has 1 aromatic rings. The summed E-state index contributed by atoms with van der Waals surface area (Å²) in [5, 5.41) is 8.06. The van der Waals surface area contributed by atoms with Crippen LogP contribution in [0.2, 0.25) is 5.02 Å². The first kappa shape index (κ1) is 15.2. The molecule has 20 heavy (non-hydrogen) atoms. The Bertz CT molecular complexity index is 454. The molecule has 0 radical (unpaired) electrons. The van der Waals surface area contributed by atoms with Gasteiger partial charge in [0.2, 0.25) is 0 Å². The van der Waals surface area contributed by atoms with Gasteiger partial charge in [0.05, 0.1) is 11.6 Å². The van der Waals surface area contributed by atoms with Crippen molar-refractivity contribution in [2.24, 2.45) is 0 Å². The summed E-state index contributed by atoms with van der Waals surface area (Å²) in [6.45, 7) is 3.22. The maximum Gasteiger partial charge on any atom is 0.317 e. The summed E-state index contributed by atoms with van der Waals surface area (Å²) in [5.74, 6) is 0. The zero-order valence-electron chi connectivity index (χ0n) is 12.2. The van der Waals surface area contributed by atoms with Crippen LogP contribution in [0.3, 0.4) is 0 Å². The SMILES string of the molecule is CCn1cc(Cl)c(CN(C)C(=O)NC2CCCCC2)n1. The molecule has 2 amide bonds. The second kappa shape index (κ2) is 6.97. The molecule has 1 saturated carbocycles. The number of nitrogens with zero attached hydrogens (tertiary/aromatic N) is 3. The number of hydrogen-bond donors (Lipinski definition) is 1. The maximum absolute atomic E-state index is 12.1. The van der Waals surface area contributed by atoms with E-state index < -0.39 is 0 Å². The van der Waals surface area contributed by atoms with E-state index in [4.69, 9.17) is 11.6 Å². The van der Waals surface area contributed by atoms with Gasteiger partial charge in [0, 0.05) is 25.8 Å². The summed E-state index contributed by atoms with van der Waals surface area (Å²) in [5.41, 5.74) is 0.745. The molecule has 1 aliphatic rings. The van der Waals surface area contributed by atoms with E-state index in [-0.39, 0.29) is 6.03 Å². The van der Waals surface area contributed by atoms with Crippen LogP contribution in [0.1, 0.15) is 44.7 Å². The average molecular weight is 299 g/mol. The fourth-order valence-corrected chi connectivity index (χ4v) is 2.74. The monoisotopic (exact) mass is 298 g/mol. The Morgan fingerprint density at radius 2 is 2.20 bits per heavy atom. The summed E-state index contributed by atoms with van der Waals surface area (Å²) in [6.07, 6.45) is 7.68. The fourth-order valence-electron chi connectivity index (χ4n) is 2.53. The molecule has 0 unspecified atom stereocenters. The van der Waals surface area contributed by atoms with Crippen LogP contribution in [-0.2, 0) is 13.1 Å². The Morgan fingerprint density at radius 1 is 1.50 bits per heavy atom. The number of aryl methyl sites for hydroxylation is 1. The summed E-state index contributed by atoms with van der Waals surface area (Å²) >= 11 is 6.12. The summed E-state index contributed by atoms with van der Waals surface area (Å²) < 4.78 is 1.78. The van der Waals surface area contributed by atoms with E-state index in [0.717, 1.165) is 25.1 Å². The van der Waals surface area contributed by atoms with Gasteiger partial charge in [0.15, 0.2) is 0 Å². The Hall–Kier alpha value is -1.23. The van der Waals surface area contributed by atoms with E-state index in [9.17, 15) is 4.79 Å². The van der Waals surface area contributed by atoms with Gasteiger partial charge < -0.3 is 10.2 Å². The molecule has 0 atom stereocenters. The third-order valence-corrected chi connectivity index (χ3v) is 4.09. The molecule has 6 heteroatoms. The first-order chi connectivity index (χ1) is 9.60. The highest BCUT2D eigenvalue weighted by molar-refractivity contribution is 6.31. The Labute approximate surface area is 125 Å². The van der Waals surface area contributed by atoms with Crippen molar-refractivity contribution in [2.45, 2.75) is 58.2 Å². The molecule has 1 aromatic heterocycles. The molecule has 0 bridgehead atoms. The first-order valence-corrected chi connectivity index (χ1v) is 7.71. The van der Waals surface area contributed by atoms with Crippen LogP contribution >= 0.6 is 11.6 Å². The summed E-state index contributed by atoms with van der Waals surface area (Å²) in [6, 6.07) is 0.279. The van der Waals surface area contributed by atoms with Crippen molar-refractivity contribution in [3.8, 4) is 0 Å². The minimum absolute atomic E-state index is 0.0426. The largest absolute Gasteiger partial charge is 0.335 e. The molecule has 5 nitrogen and oxygen atoms in total. The van der Waals surface area contributed by atoms with Crippen LogP contribution in [-0.4, -0.2) is 33.8 Å². The van der Waals surface area contributed by atoms with Crippen molar-refractivity contribution in [2.75, 3.05) is 7.05 Å². The molecule has 1 fully saturated rings. The van der Waals surface area contributed by atoms with Crippen molar-refractivity contribution in [1.29, 1.82) is 0 Å². The lowest BCUT2D eigenvalue weighted by molar-refractivity contribution is 0.198. The van der Waals surface area contributed by atoms with Gasteiger partial charge in [-0.2, -0.15) is 5.10 Å². The van der Waals surface area contributed by atoms with Crippen LogP contribution in [0.25, 0.3) is 0 Å². The first-order valence-electron chi connectivity index (χ1n) is 7.33. The van der Waals surface area contributed by atoms with E-state index in [2.05, 4.69) is 10.4 Å². The number of carbonyl (C=O) groups excluding carboxylic acids is 1. The fraction of sp³-hybridized carbons (Fsp3) is 0.714. The molecule has 0 saturated heterocycles. The topological polar surface area (TPSA) is 50.2 Å². The second-order valence-electron chi connectivity index (χ2n) is 5.42. The number of carbonyl (C=O) groups is 1. The number of amides is 2. The molecule has 1 aliphatic carbocycles. The van der Waals surface area contributed by atoms with Crippen molar-refractivity contribution in [3.05, 3.63) is 16.9 Å². The minimum Gasteiger partial charge on any atom is -0.335 e. The smallest absolute Gasteiger partial charge is 0.317 e. The van der Waals surface area contributed by atoms with Crippen molar-refractivity contribution in [3.63, 3.8) is 0 Å². The maximum atomic E-state index is 12.1. The van der Waals surface area contributed by atoms with Gasteiger partial charge in [-0.25, -0.2) is 4.79 Å². The van der Waals surface area contributed by atoms with E-state index in [0.29, 0.717) is 17.6 Å². The van der Waals surface area contributed by atoms with E-state index >= 15 is 0 Å². The Balaban J connectivity index is 1.87. The molecular weight excluding hydrogens is 276 g/mol. The summed E-state index contributed by atoms with van der Waals surface area (Å²) in [7, 11) is 1.78. The molecular formula is C14H23ClN4O. The van der Waals surface area contributed by atoms with Crippen molar-refractivity contribution in [1.82, 2.24) is 20.0 Å². The van der Waals surface area contributed by atoms with E-state index in [1.807, 2.05) is 6.92 Å². The lowest BCUT2D eigenvalue weighted by Crippen LogP contribution is -2.43. The lowest BCUT2D eigenvalue weighted by atomic mass is 9.96. The van der Waals surface area contributed by atoms with Gasteiger partial charge in [0.25, 0.3) is 0 Å². The van der Waals surface area contributed by atoms with Crippen LogP contribution < -0.4 is 5.32 Å². The van der Waals surface area contributed by atoms with Gasteiger partial charge in [-0.15, -0.1) is 0 Å². The van der Waals surface area contributed by atoms with Crippen LogP contribution in [0.5, 0.6) is 0 Å². The van der Waals surface area contributed by atoms with Gasteiger partial charge in [-0.1, -0.05) is 30.9 Å². The van der Waals surface area contributed by atoms with Crippen LogP contribution in [0.15, 0.2) is 6.20 Å². The molecule has 0 aromatic carbocycles. The zero-order chi connectivity index (χ0) is 14.5. The third-order valence-electron chi connectivity index (χ3n) is 3.78. The molecule has 1 heterocycles. The highest BCUT2D eigenvalue weighted by atomic mass is 35.5. The standard InChI is InChI=1S/C14H23ClN4O/c1-3-19-9-12(15)13(17-19)10-18(2)14(20)16-11-7-5-4-6-8-11/h9,11H,3-8,10H2,1-2H3,(H,16,20). The predicted molar refractivity (Wildman–Crippen MR) is 79.8 cm³/mol. The van der Waals surface area contributed by atoms with Gasteiger partial charge >= 0.3 is 6.03 Å². The number of urea groups is 1. The lowest BCUT2D eigenvalue weighted by Gasteiger charge is -2.26. The second-order valence-corrected chi connectivity index (χ2v) is 5.83. The number of rotatable bonds is 4. The third kappa shape index (κ3) is 3.88. The summed E-state index contributed by atoms with van der Waals surface area (Å²) in [4.78, 5) is 13.8. The van der Waals surface area contributed by atoms with Gasteiger partial charge in [0.1, 0.15) is 5.69 Å². The Morgan fingerprint density at radius 3 is 2.80 bits per heavy atom. The van der Waals surface area contributed by atoms with Crippen LogP contribution in [0, 0.1) is 0 Å². The molecule has 112 valence electrons. The minimum atomic E-state index is -0.0426. The van der Waals surface area contributed by atoms with Crippen molar-refractivity contribution >= 4 is 17.6 Å².